The summed E-state index contributed by atoms with van der Waals surface area (Å²) in [6, 6.07) is 15.3. The van der Waals surface area contributed by atoms with Crippen LogP contribution in [0.2, 0.25) is 5.02 Å². The third kappa shape index (κ3) is 2.83. The molecule has 5 heteroatoms. The van der Waals surface area contributed by atoms with E-state index in [1.54, 1.807) is 0 Å². The topological polar surface area (TPSA) is 49.2 Å². The van der Waals surface area contributed by atoms with Gasteiger partial charge in [-0.1, -0.05) is 35.9 Å². The van der Waals surface area contributed by atoms with E-state index in [-0.39, 0.29) is 0 Å². The Kier molecular flexibility index (Phi) is 3.87. The summed E-state index contributed by atoms with van der Waals surface area (Å²) in [5.41, 5.74) is 1.92. The molecule has 3 aromatic rings. The van der Waals surface area contributed by atoms with Crippen LogP contribution in [-0.4, -0.2) is 28.2 Å². The van der Waals surface area contributed by atoms with Crippen LogP contribution in [-0.2, 0) is 5.60 Å². The van der Waals surface area contributed by atoms with E-state index in [1.807, 2.05) is 54.7 Å². The third-order valence-corrected chi connectivity index (χ3v) is 4.98. The van der Waals surface area contributed by atoms with Gasteiger partial charge in [0.15, 0.2) is 0 Å². The van der Waals surface area contributed by atoms with Crippen LogP contribution < -0.4 is 4.90 Å². The van der Waals surface area contributed by atoms with Gasteiger partial charge < -0.3 is 10.0 Å². The number of halogens is 1. The minimum atomic E-state index is -0.800. The minimum absolute atomic E-state index is 0.656. The van der Waals surface area contributed by atoms with Crippen molar-refractivity contribution in [2.45, 2.75) is 18.4 Å². The molecule has 1 aliphatic heterocycles. The quantitative estimate of drug-likeness (QED) is 0.772. The van der Waals surface area contributed by atoms with Gasteiger partial charge in [-0.2, -0.15) is 0 Å². The molecule has 0 bridgehead atoms. The van der Waals surface area contributed by atoms with Crippen LogP contribution in [0.1, 0.15) is 18.4 Å². The zero-order valence-corrected chi connectivity index (χ0v) is 13.9. The van der Waals surface area contributed by atoms with E-state index in [0.29, 0.717) is 17.9 Å². The maximum absolute atomic E-state index is 11.0. The van der Waals surface area contributed by atoms with E-state index in [9.17, 15) is 5.11 Å². The van der Waals surface area contributed by atoms with Crippen LogP contribution in [0.5, 0.6) is 0 Å². The molecular formula is C19H18ClN3O. The molecule has 4 rings (SSSR count). The number of rotatable bonds is 2. The summed E-state index contributed by atoms with van der Waals surface area (Å²) in [5.74, 6) is 0.867. The van der Waals surface area contributed by atoms with Crippen LogP contribution >= 0.6 is 11.6 Å². The number of aliphatic hydroxyl groups is 1. The van der Waals surface area contributed by atoms with Gasteiger partial charge in [0.05, 0.1) is 22.8 Å². The predicted octanol–water partition coefficient (Wildman–Crippen LogP) is 3.77. The Hall–Kier alpha value is -2.17. The molecule has 4 nitrogen and oxygen atoms in total. The second kappa shape index (κ2) is 6.04. The Morgan fingerprint density at radius 3 is 2.33 bits per heavy atom. The van der Waals surface area contributed by atoms with Crippen molar-refractivity contribution in [2.24, 2.45) is 0 Å². The van der Waals surface area contributed by atoms with Crippen molar-refractivity contribution in [1.82, 2.24) is 9.97 Å². The number of piperidine rings is 1. The summed E-state index contributed by atoms with van der Waals surface area (Å²) in [7, 11) is 0. The van der Waals surface area contributed by atoms with Crippen molar-refractivity contribution < 1.29 is 5.11 Å². The number of hydrogen-bond donors (Lipinski definition) is 1. The molecule has 0 spiro atoms. The first kappa shape index (κ1) is 15.4. The Labute approximate surface area is 145 Å². The Balaban J connectivity index is 1.53. The summed E-state index contributed by atoms with van der Waals surface area (Å²) < 4.78 is 0. The van der Waals surface area contributed by atoms with Gasteiger partial charge in [-0.3, -0.25) is 4.98 Å². The number of nitrogens with zero attached hydrogens (tertiary/aromatic N) is 3. The summed E-state index contributed by atoms with van der Waals surface area (Å²) in [6.07, 6.45) is 3.13. The minimum Gasteiger partial charge on any atom is -0.385 e. The third-order valence-electron chi connectivity index (χ3n) is 4.73. The van der Waals surface area contributed by atoms with E-state index in [4.69, 9.17) is 16.6 Å². The lowest BCUT2D eigenvalue weighted by Crippen LogP contribution is -2.43. The second-order valence-electron chi connectivity index (χ2n) is 6.24. The molecule has 0 unspecified atom stereocenters. The molecule has 1 aromatic heterocycles. The van der Waals surface area contributed by atoms with Crippen molar-refractivity contribution in [3.63, 3.8) is 0 Å². The fourth-order valence-electron chi connectivity index (χ4n) is 3.25. The lowest BCUT2D eigenvalue weighted by molar-refractivity contribution is 0.0116. The average Bonchev–Trinajstić information content (AvgIpc) is 2.62. The van der Waals surface area contributed by atoms with Crippen molar-refractivity contribution in [3.05, 3.63) is 65.3 Å². The van der Waals surface area contributed by atoms with Gasteiger partial charge in [0.2, 0.25) is 0 Å². The standard InChI is InChI=1S/C19H18ClN3O/c20-15-7-5-14(6-8-15)19(24)9-11-23(12-10-19)18-13-21-16-3-1-2-4-17(16)22-18/h1-8,13,24H,9-12H2. The van der Waals surface area contributed by atoms with Gasteiger partial charge in [-0.15, -0.1) is 0 Å². The molecule has 2 aromatic carbocycles. The van der Waals surface area contributed by atoms with Gasteiger partial charge in [-0.25, -0.2) is 4.98 Å². The van der Waals surface area contributed by atoms with Gasteiger partial charge >= 0.3 is 0 Å². The summed E-state index contributed by atoms with van der Waals surface area (Å²) in [6.45, 7) is 1.48. The molecule has 0 amide bonds. The van der Waals surface area contributed by atoms with Crippen molar-refractivity contribution in [3.8, 4) is 0 Å². The molecular weight excluding hydrogens is 322 g/mol. The maximum Gasteiger partial charge on any atom is 0.147 e. The zero-order valence-electron chi connectivity index (χ0n) is 13.2. The molecule has 1 saturated heterocycles. The molecule has 24 heavy (non-hydrogen) atoms. The van der Waals surface area contributed by atoms with Crippen LogP contribution in [0.3, 0.4) is 0 Å². The fourth-order valence-corrected chi connectivity index (χ4v) is 3.38. The lowest BCUT2D eigenvalue weighted by atomic mass is 9.84. The van der Waals surface area contributed by atoms with E-state index >= 15 is 0 Å². The first-order valence-corrected chi connectivity index (χ1v) is 8.47. The number of anilines is 1. The molecule has 1 aliphatic rings. The smallest absolute Gasteiger partial charge is 0.147 e. The van der Waals surface area contributed by atoms with E-state index in [2.05, 4.69) is 9.88 Å². The molecule has 2 heterocycles. The zero-order chi connectivity index (χ0) is 16.6. The Morgan fingerprint density at radius 2 is 1.62 bits per heavy atom. The molecule has 0 saturated carbocycles. The second-order valence-corrected chi connectivity index (χ2v) is 6.68. The average molecular weight is 340 g/mol. The van der Waals surface area contributed by atoms with Gasteiger partial charge in [0.25, 0.3) is 0 Å². The largest absolute Gasteiger partial charge is 0.385 e. The molecule has 0 atom stereocenters. The van der Waals surface area contributed by atoms with Gasteiger partial charge in [0, 0.05) is 18.1 Å². The van der Waals surface area contributed by atoms with E-state index in [1.165, 1.54) is 0 Å². The van der Waals surface area contributed by atoms with Crippen LogP contribution in [0.25, 0.3) is 11.0 Å². The van der Waals surface area contributed by atoms with Gasteiger partial charge in [0.1, 0.15) is 5.82 Å². The van der Waals surface area contributed by atoms with E-state index < -0.39 is 5.60 Å². The number of para-hydroxylation sites is 2. The predicted molar refractivity (Wildman–Crippen MR) is 96.3 cm³/mol. The molecule has 0 aliphatic carbocycles. The van der Waals surface area contributed by atoms with Gasteiger partial charge in [-0.05, 0) is 42.7 Å². The maximum atomic E-state index is 11.0. The number of hydrogen-bond acceptors (Lipinski definition) is 4. The molecule has 0 radical (unpaired) electrons. The van der Waals surface area contributed by atoms with Crippen LogP contribution in [0.15, 0.2) is 54.7 Å². The Bertz CT molecular complexity index is 858. The SMILES string of the molecule is OC1(c2ccc(Cl)cc2)CCN(c2cnc3ccccc3n2)CC1. The number of benzene rings is 2. The summed E-state index contributed by atoms with van der Waals surface area (Å²) in [4.78, 5) is 11.4. The number of fused-ring (bicyclic) bond motifs is 1. The van der Waals surface area contributed by atoms with Crippen LogP contribution in [0.4, 0.5) is 5.82 Å². The Morgan fingerprint density at radius 1 is 0.958 bits per heavy atom. The van der Waals surface area contributed by atoms with E-state index in [0.717, 1.165) is 35.5 Å². The van der Waals surface area contributed by atoms with Crippen molar-refractivity contribution in [2.75, 3.05) is 18.0 Å². The molecule has 1 N–H and O–H groups in total. The normalized spacial score (nSPS) is 17.2. The highest BCUT2D eigenvalue weighted by atomic mass is 35.5. The highest BCUT2D eigenvalue weighted by Gasteiger charge is 2.34. The molecule has 1 fully saturated rings. The highest BCUT2D eigenvalue weighted by Crippen LogP contribution is 2.34. The summed E-state index contributed by atoms with van der Waals surface area (Å²) >= 11 is 5.94. The lowest BCUT2D eigenvalue weighted by Gasteiger charge is -2.39. The first-order valence-electron chi connectivity index (χ1n) is 8.09. The van der Waals surface area contributed by atoms with Crippen molar-refractivity contribution in [1.29, 1.82) is 0 Å². The molecule has 122 valence electrons. The first-order chi connectivity index (χ1) is 11.6. The summed E-state index contributed by atoms with van der Waals surface area (Å²) in [5, 5.41) is 11.7. The van der Waals surface area contributed by atoms with Crippen LogP contribution in [0, 0.1) is 0 Å². The fraction of sp³-hybridized carbons (Fsp3) is 0.263. The monoisotopic (exact) mass is 339 g/mol. The van der Waals surface area contributed by atoms with Crippen molar-refractivity contribution >= 4 is 28.5 Å². The number of aromatic nitrogens is 2. The highest BCUT2D eigenvalue weighted by molar-refractivity contribution is 6.30.